The van der Waals surface area contributed by atoms with Crippen LogP contribution in [0.15, 0.2) is 48.8 Å². The summed E-state index contributed by atoms with van der Waals surface area (Å²) in [7, 11) is 1.38. The van der Waals surface area contributed by atoms with Gasteiger partial charge >= 0.3 is 5.97 Å². The van der Waals surface area contributed by atoms with Gasteiger partial charge in [0.15, 0.2) is 11.2 Å². The van der Waals surface area contributed by atoms with Crippen molar-refractivity contribution in [3.05, 3.63) is 64.4 Å². The summed E-state index contributed by atoms with van der Waals surface area (Å²) in [6.07, 6.45) is 3.97. The van der Waals surface area contributed by atoms with Crippen LogP contribution in [0, 0.1) is 5.92 Å². The van der Waals surface area contributed by atoms with Crippen LogP contribution in [0.3, 0.4) is 0 Å². The first-order chi connectivity index (χ1) is 18.3. The molecule has 0 spiro atoms. The highest BCUT2D eigenvalue weighted by Crippen LogP contribution is 2.41. The van der Waals surface area contributed by atoms with Crippen molar-refractivity contribution in [2.24, 2.45) is 5.92 Å². The Bertz CT molecular complexity index is 1490. The average molecular weight is 555 g/mol. The number of esters is 1. The Balaban J connectivity index is 1.49. The standard InChI is InChI=1S/C28H28Cl2N4O4/c1-17(27(35)36-3)9-12-37-20-7-8-21(22(30)14-20)24-33-23-25(31-16-32-26(23)38-28(2)10-11-28)34(24)15-18-5-4-6-19(29)13-18/h4-8,13-14,16-17H,9-12,15H2,1-3H3. The Morgan fingerprint density at radius 2 is 1.97 bits per heavy atom. The third kappa shape index (κ3) is 5.71. The van der Waals surface area contributed by atoms with E-state index in [2.05, 4.69) is 16.9 Å². The zero-order valence-corrected chi connectivity index (χ0v) is 22.9. The van der Waals surface area contributed by atoms with Crippen LogP contribution in [0.4, 0.5) is 0 Å². The number of hydrogen-bond donors (Lipinski definition) is 0. The summed E-state index contributed by atoms with van der Waals surface area (Å²) in [4.78, 5) is 25.5. The summed E-state index contributed by atoms with van der Waals surface area (Å²) < 4.78 is 18.8. The minimum Gasteiger partial charge on any atom is -0.494 e. The first-order valence-electron chi connectivity index (χ1n) is 12.4. The monoisotopic (exact) mass is 554 g/mol. The number of imidazole rings is 1. The van der Waals surface area contributed by atoms with E-state index < -0.39 is 0 Å². The number of aromatic nitrogens is 4. The number of benzene rings is 2. The molecule has 10 heteroatoms. The summed E-state index contributed by atoms with van der Waals surface area (Å²) in [5, 5.41) is 1.12. The Labute approximate surface area is 230 Å². The van der Waals surface area contributed by atoms with Gasteiger partial charge in [0.05, 0.1) is 31.2 Å². The zero-order chi connectivity index (χ0) is 26.9. The summed E-state index contributed by atoms with van der Waals surface area (Å²) in [6.45, 7) is 4.70. The first kappa shape index (κ1) is 26.3. The number of carbonyl (C=O) groups excluding carboxylic acids is 1. The van der Waals surface area contributed by atoms with Gasteiger partial charge in [-0.2, -0.15) is 4.98 Å². The second kappa shape index (κ2) is 10.8. The molecule has 4 aromatic rings. The number of ether oxygens (including phenoxy) is 3. The fourth-order valence-electron chi connectivity index (χ4n) is 4.11. The molecule has 198 valence electrons. The van der Waals surface area contributed by atoms with Crippen LogP contribution in [0.2, 0.25) is 10.0 Å². The molecule has 1 fully saturated rings. The minimum absolute atomic E-state index is 0.222. The first-order valence-corrected chi connectivity index (χ1v) is 13.2. The molecule has 1 aliphatic carbocycles. The summed E-state index contributed by atoms with van der Waals surface area (Å²) >= 11 is 13.0. The Kier molecular flexibility index (Phi) is 7.45. The smallest absolute Gasteiger partial charge is 0.308 e. The van der Waals surface area contributed by atoms with Crippen LogP contribution >= 0.6 is 23.2 Å². The van der Waals surface area contributed by atoms with Gasteiger partial charge in [0, 0.05) is 10.6 Å². The van der Waals surface area contributed by atoms with Crippen LogP contribution < -0.4 is 9.47 Å². The van der Waals surface area contributed by atoms with Crippen molar-refractivity contribution in [1.29, 1.82) is 0 Å². The maximum Gasteiger partial charge on any atom is 0.308 e. The van der Waals surface area contributed by atoms with E-state index in [1.165, 1.54) is 13.4 Å². The lowest BCUT2D eigenvalue weighted by atomic mass is 10.1. The van der Waals surface area contributed by atoms with Gasteiger partial charge in [-0.3, -0.25) is 4.79 Å². The molecule has 1 unspecified atom stereocenters. The number of carbonyl (C=O) groups is 1. The van der Waals surface area contributed by atoms with E-state index in [-0.39, 0.29) is 17.5 Å². The molecule has 1 saturated carbocycles. The van der Waals surface area contributed by atoms with Gasteiger partial charge in [-0.25, -0.2) is 9.97 Å². The number of fused-ring (bicyclic) bond motifs is 1. The van der Waals surface area contributed by atoms with Crippen molar-refractivity contribution in [2.75, 3.05) is 13.7 Å². The van der Waals surface area contributed by atoms with Gasteiger partial charge in [-0.05, 0) is 62.1 Å². The molecule has 38 heavy (non-hydrogen) atoms. The van der Waals surface area contributed by atoms with Crippen molar-refractivity contribution in [2.45, 2.75) is 45.3 Å². The summed E-state index contributed by atoms with van der Waals surface area (Å²) in [6, 6.07) is 13.1. The molecular formula is C28H28Cl2N4O4. The van der Waals surface area contributed by atoms with Crippen molar-refractivity contribution < 1.29 is 19.0 Å². The molecule has 0 amide bonds. The highest BCUT2D eigenvalue weighted by molar-refractivity contribution is 6.33. The van der Waals surface area contributed by atoms with Crippen molar-refractivity contribution in [1.82, 2.24) is 19.5 Å². The van der Waals surface area contributed by atoms with Crippen molar-refractivity contribution in [3.8, 4) is 23.0 Å². The maximum absolute atomic E-state index is 11.6. The second-order valence-corrected chi connectivity index (χ2v) is 10.6. The number of halogens is 2. The number of hydrogen-bond acceptors (Lipinski definition) is 7. The third-order valence-electron chi connectivity index (χ3n) is 6.63. The Morgan fingerprint density at radius 3 is 2.68 bits per heavy atom. The van der Waals surface area contributed by atoms with E-state index in [1.807, 2.05) is 41.0 Å². The van der Waals surface area contributed by atoms with E-state index in [9.17, 15) is 4.79 Å². The molecule has 2 aromatic carbocycles. The summed E-state index contributed by atoms with van der Waals surface area (Å²) in [5.41, 5.74) is 2.70. The number of rotatable bonds is 10. The molecule has 2 heterocycles. The van der Waals surface area contributed by atoms with Gasteiger partial charge < -0.3 is 18.8 Å². The van der Waals surface area contributed by atoms with E-state index in [0.717, 1.165) is 18.4 Å². The SMILES string of the molecule is COC(=O)C(C)CCOc1ccc(-c2nc3c(OC4(C)CC4)ncnc3n2Cc2cccc(Cl)c2)c(Cl)c1. The zero-order valence-electron chi connectivity index (χ0n) is 21.4. The molecule has 0 saturated heterocycles. The second-order valence-electron chi connectivity index (χ2n) is 9.76. The van der Waals surface area contributed by atoms with Gasteiger partial charge in [0.1, 0.15) is 23.5 Å². The fourth-order valence-corrected chi connectivity index (χ4v) is 4.58. The van der Waals surface area contributed by atoms with Gasteiger partial charge in [-0.1, -0.05) is 42.3 Å². The lowest BCUT2D eigenvalue weighted by Gasteiger charge is -2.13. The molecule has 0 aliphatic heterocycles. The van der Waals surface area contributed by atoms with Crippen molar-refractivity contribution >= 4 is 40.3 Å². The molecule has 8 nitrogen and oxygen atoms in total. The average Bonchev–Trinajstić information content (AvgIpc) is 3.51. The molecule has 0 N–H and O–H groups in total. The molecule has 5 rings (SSSR count). The lowest BCUT2D eigenvalue weighted by Crippen LogP contribution is -2.15. The Hall–Kier alpha value is -3.36. The van der Waals surface area contributed by atoms with Crippen LogP contribution in [0.5, 0.6) is 11.6 Å². The van der Waals surface area contributed by atoms with E-state index >= 15 is 0 Å². The minimum atomic E-state index is -0.261. The lowest BCUT2D eigenvalue weighted by molar-refractivity contribution is -0.145. The van der Waals surface area contributed by atoms with Gasteiger partial charge in [-0.15, -0.1) is 0 Å². The van der Waals surface area contributed by atoms with Crippen LogP contribution in [0.1, 0.15) is 38.7 Å². The molecule has 0 radical (unpaired) electrons. The van der Waals surface area contributed by atoms with Gasteiger partial charge in [0.25, 0.3) is 0 Å². The number of methoxy groups -OCH3 is 1. The Morgan fingerprint density at radius 1 is 1.16 bits per heavy atom. The maximum atomic E-state index is 11.6. The van der Waals surface area contributed by atoms with Crippen LogP contribution in [-0.2, 0) is 16.1 Å². The van der Waals surface area contributed by atoms with E-state index in [0.29, 0.717) is 63.8 Å². The molecular weight excluding hydrogens is 527 g/mol. The van der Waals surface area contributed by atoms with E-state index in [1.54, 1.807) is 13.0 Å². The largest absolute Gasteiger partial charge is 0.494 e. The molecule has 2 aromatic heterocycles. The molecule has 0 bridgehead atoms. The topological polar surface area (TPSA) is 88.4 Å². The van der Waals surface area contributed by atoms with E-state index in [4.69, 9.17) is 42.4 Å². The predicted molar refractivity (Wildman–Crippen MR) is 146 cm³/mol. The van der Waals surface area contributed by atoms with Crippen LogP contribution in [0.25, 0.3) is 22.6 Å². The molecule has 1 atom stereocenters. The summed E-state index contributed by atoms with van der Waals surface area (Å²) in [5.74, 6) is 1.16. The quantitative estimate of drug-likeness (QED) is 0.211. The highest BCUT2D eigenvalue weighted by atomic mass is 35.5. The predicted octanol–water partition coefficient (Wildman–Crippen LogP) is 6.36. The normalized spacial score (nSPS) is 14.8. The van der Waals surface area contributed by atoms with Crippen LogP contribution in [-0.4, -0.2) is 44.8 Å². The highest BCUT2D eigenvalue weighted by Gasteiger charge is 2.41. The molecule has 1 aliphatic rings. The van der Waals surface area contributed by atoms with Gasteiger partial charge in [0.2, 0.25) is 5.88 Å². The third-order valence-corrected chi connectivity index (χ3v) is 7.18. The number of nitrogens with zero attached hydrogens (tertiary/aromatic N) is 4. The van der Waals surface area contributed by atoms with Crippen molar-refractivity contribution in [3.63, 3.8) is 0 Å². The fraction of sp³-hybridized carbons (Fsp3) is 0.357.